The summed E-state index contributed by atoms with van der Waals surface area (Å²) in [6.45, 7) is 0.662. The van der Waals surface area contributed by atoms with Crippen LogP contribution in [-0.4, -0.2) is 23.8 Å². The smallest absolute Gasteiger partial charge is 0.254 e. The molecule has 2 heterocycles. The molecule has 5 heteroatoms. The molecule has 0 radical (unpaired) electrons. The van der Waals surface area contributed by atoms with Gasteiger partial charge in [0.1, 0.15) is 0 Å². The van der Waals surface area contributed by atoms with Gasteiger partial charge in [-0.3, -0.25) is 9.59 Å². The first-order chi connectivity index (χ1) is 12.0. The Morgan fingerprint density at radius 3 is 2.32 bits per heavy atom. The van der Waals surface area contributed by atoms with E-state index < -0.39 is 5.91 Å². The highest BCUT2D eigenvalue weighted by molar-refractivity contribution is 7.18. The fourth-order valence-electron chi connectivity index (χ4n) is 3.07. The Morgan fingerprint density at radius 1 is 1.00 bits per heavy atom. The van der Waals surface area contributed by atoms with Crippen LogP contribution in [0.3, 0.4) is 0 Å². The second kappa shape index (κ2) is 5.86. The van der Waals surface area contributed by atoms with Gasteiger partial charge in [-0.05, 0) is 53.1 Å². The molecule has 2 N–H and O–H groups in total. The van der Waals surface area contributed by atoms with E-state index in [1.807, 2.05) is 31.3 Å². The van der Waals surface area contributed by atoms with E-state index in [9.17, 15) is 9.59 Å². The number of hydrogen-bond donors (Lipinski definition) is 1. The molecular formula is C20H16N2O2S. The van der Waals surface area contributed by atoms with Gasteiger partial charge in [0.25, 0.3) is 5.91 Å². The molecule has 0 bridgehead atoms. The Morgan fingerprint density at radius 2 is 1.64 bits per heavy atom. The average Bonchev–Trinajstić information content (AvgIpc) is 3.20. The number of primary amides is 1. The Bertz CT molecular complexity index is 989. The van der Waals surface area contributed by atoms with Crippen LogP contribution in [0.25, 0.3) is 20.9 Å². The molecule has 0 atom stereocenters. The third-order valence-electron chi connectivity index (χ3n) is 4.43. The first kappa shape index (κ1) is 15.6. The van der Waals surface area contributed by atoms with Crippen molar-refractivity contribution in [3.8, 4) is 20.9 Å². The molecule has 0 saturated carbocycles. The normalized spacial score (nSPS) is 13.2. The molecule has 1 aliphatic rings. The second-order valence-corrected chi connectivity index (χ2v) is 7.22. The summed E-state index contributed by atoms with van der Waals surface area (Å²) in [7, 11) is 1.82. The van der Waals surface area contributed by atoms with Crippen LogP contribution >= 0.6 is 11.3 Å². The van der Waals surface area contributed by atoms with E-state index in [-0.39, 0.29) is 5.91 Å². The maximum atomic E-state index is 12.0. The molecule has 124 valence electrons. The van der Waals surface area contributed by atoms with Crippen LogP contribution < -0.4 is 5.73 Å². The van der Waals surface area contributed by atoms with E-state index in [1.54, 1.807) is 28.4 Å². The minimum atomic E-state index is -0.420. The van der Waals surface area contributed by atoms with Crippen LogP contribution in [0.4, 0.5) is 0 Å². The number of thiophene rings is 1. The summed E-state index contributed by atoms with van der Waals surface area (Å²) >= 11 is 1.69. The first-order valence-corrected chi connectivity index (χ1v) is 8.73. The van der Waals surface area contributed by atoms with Gasteiger partial charge in [0.2, 0.25) is 5.91 Å². The zero-order valence-electron chi connectivity index (χ0n) is 13.7. The van der Waals surface area contributed by atoms with Crippen LogP contribution in [0.15, 0.2) is 54.6 Å². The van der Waals surface area contributed by atoms with Gasteiger partial charge in [-0.1, -0.05) is 18.2 Å². The van der Waals surface area contributed by atoms with Crippen molar-refractivity contribution in [2.24, 2.45) is 5.73 Å². The third kappa shape index (κ3) is 2.72. The lowest BCUT2D eigenvalue weighted by Gasteiger charge is -2.04. The predicted octanol–water partition coefficient (Wildman–Crippen LogP) is 3.77. The lowest BCUT2D eigenvalue weighted by Crippen LogP contribution is -2.17. The predicted molar refractivity (Wildman–Crippen MR) is 99.5 cm³/mol. The summed E-state index contributed by atoms with van der Waals surface area (Å²) in [5.74, 6) is -0.334. The molecule has 4 rings (SSSR count). The largest absolute Gasteiger partial charge is 0.366 e. The molecule has 3 aromatic rings. The highest BCUT2D eigenvalue weighted by Gasteiger charge is 2.24. The van der Waals surface area contributed by atoms with Gasteiger partial charge in [0, 0.05) is 34.5 Å². The van der Waals surface area contributed by atoms with E-state index >= 15 is 0 Å². The molecule has 0 saturated heterocycles. The highest BCUT2D eigenvalue weighted by Crippen LogP contribution is 2.36. The van der Waals surface area contributed by atoms with Crippen LogP contribution in [0.2, 0.25) is 0 Å². The van der Waals surface area contributed by atoms with Gasteiger partial charge in [-0.25, -0.2) is 0 Å². The van der Waals surface area contributed by atoms with E-state index in [1.165, 1.54) is 0 Å². The summed E-state index contributed by atoms with van der Waals surface area (Å²) in [5, 5.41) is 0. The zero-order chi connectivity index (χ0) is 17.6. The molecule has 25 heavy (non-hydrogen) atoms. The van der Waals surface area contributed by atoms with Gasteiger partial charge in [0.05, 0.1) is 0 Å². The molecular weight excluding hydrogens is 332 g/mol. The van der Waals surface area contributed by atoms with Gasteiger partial charge in [-0.15, -0.1) is 11.3 Å². The van der Waals surface area contributed by atoms with Gasteiger partial charge in [-0.2, -0.15) is 0 Å². The lowest BCUT2D eigenvalue weighted by molar-refractivity contribution is 0.0816. The fraction of sp³-hybridized carbons (Fsp3) is 0.100. The zero-order valence-corrected chi connectivity index (χ0v) is 14.5. The van der Waals surface area contributed by atoms with Crippen molar-refractivity contribution in [2.45, 2.75) is 6.54 Å². The van der Waals surface area contributed by atoms with Crippen molar-refractivity contribution < 1.29 is 9.59 Å². The Balaban J connectivity index is 1.65. The van der Waals surface area contributed by atoms with E-state index in [4.69, 9.17) is 5.73 Å². The molecule has 1 aliphatic heterocycles. The van der Waals surface area contributed by atoms with Crippen LogP contribution in [0.5, 0.6) is 0 Å². The number of rotatable bonds is 3. The molecule has 0 unspecified atom stereocenters. The number of carbonyl (C=O) groups is 2. The maximum absolute atomic E-state index is 12.0. The molecule has 0 spiro atoms. The number of nitrogens with zero attached hydrogens (tertiary/aromatic N) is 1. The van der Waals surface area contributed by atoms with E-state index in [0.717, 1.165) is 32.0 Å². The van der Waals surface area contributed by atoms with Gasteiger partial charge < -0.3 is 10.6 Å². The van der Waals surface area contributed by atoms with Gasteiger partial charge >= 0.3 is 0 Å². The van der Waals surface area contributed by atoms with Crippen molar-refractivity contribution in [1.29, 1.82) is 0 Å². The standard InChI is InChI=1S/C20H16N2O2S/c1-22-11-15-10-14(6-7-16(15)20(22)24)18-9-8-17(25-18)12-2-4-13(5-3-12)19(21)23/h2-10H,11H2,1H3,(H2,21,23). The molecule has 4 nitrogen and oxygen atoms in total. The molecule has 2 aromatic carbocycles. The summed E-state index contributed by atoms with van der Waals surface area (Å²) in [6, 6.07) is 17.5. The van der Waals surface area contributed by atoms with Gasteiger partial charge in [0.15, 0.2) is 0 Å². The molecule has 2 amide bonds. The van der Waals surface area contributed by atoms with Crippen molar-refractivity contribution in [3.63, 3.8) is 0 Å². The highest BCUT2D eigenvalue weighted by atomic mass is 32.1. The SMILES string of the molecule is CN1Cc2cc(-c3ccc(-c4ccc(C(N)=O)cc4)s3)ccc2C1=O. The fourth-order valence-corrected chi connectivity index (χ4v) is 4.07. The number of amides is 2. The summed E-state index contributed by atoms with van der Waals surface area (Å²) in [6.07, 6.45) is 0. The minimum Gasteiger partial charge on any atom is -0.366 e. The minimum absolute atomic E-state index is 0.0861. The van der Waals surface area contributed by atoms with Crippen molar-refractivity contribution in [2.75, 3.05) is 7.05 Å². The Hall–Kier alpha value is -2.92. The number of fused-ring (bicyclic) bond motifs is 1. The molecule has 0 fully saturated rings. The number of nitrogens with two attached hydrogens (primary N) is 1. The second-order valence-electron chi connectivity index (χ2n) is 6.14. The van der Waals surface area contributed by atoms with Crippen molar-refractivity contribution in [3.05, 3.63) is 71.3 Å². The third-order valence-corrected chi connectivity index (χ3v) is 5.62. The van der Waals surface area contributed by atoms with Crippen LogP contribution in [0, 0.1) is 0 Å². The van der Waals surface area contributed by atoms with Crippen LogP contribution in [0.1, 0.15) is 26.3 Å². The summed E-state index contributed by atoms with van der Waals surface area (Å²) in [4.78, 5) is 27.2. The summed E-state index contributed by atoms with van der Waals surface area (Å²) < 4.78 is 0. The Kier molecular flexibility index (Phi) is 3.66. The van der Waals surface area contributed by atoms with E-state index in [2.05, 4.69) is 18.2 Å². The summed E-state index contributed by atoms with van der Waals surface area (Å²) in [5.41, 5.74) is 9.83. The first-order valence-electron chi connectivity index (χ1n) is 7.92. The number of benzene rings is 2. The van der Waals surface area contributed by atoms with Crippen LogP contribution in [-0.2, 0) is 6.54 Å². The molecule has 1 aromatic heterocycles. The molecule has 0 aliphatic carbocycles. The van der Waals surface area contributed by atoms with Crippen molar-refractivity contribution in [1.82, 2.24) is 4.90 Å². The average molecular weight is 348 g/mol. The number of hydrogen-bond acceptors (Lipinski definition) is 3. The quantitative estimate of drug-likeness (QED) is 0.783. The van der Waals surface area contributed by atoms with Crippen molar-refractivity contribution >= 4 is 23.2 Å². The monoisotopic (exact) mass is 348 g/mol. The maximum Gasteiger partial charge on any atom is 0.254 e. The Labute approximate surface area is 149 Å². The lowest BCUT2D eigenvalue weighted by atomic mass is 10.1. The van der Waals surface area contributed by atoms with E-state index in [0.29, 0.717) is 12.1 Å². The topological polar surface area (TPSA) is 63.4 Å². The number of carbonyl (C=O) groups excluding carboxylic acids is 2.